The summed E-state index contributed by atoms with van der Waals surface area (Å²) in [6, 6.07) is 0.368. The summed E-state index contributed by atoms with van der Waals surface area (Å²) in [5, 5.41) is 3.10. The highest BCUT2D eigenvalue weighted by atomic mass is 35.5. The topological polar surface area (TPSA) is 67.6 Å². The van der Waals surface area contributed by atoms with Gasteiger partial charge in [-0.15, -0.1) is 24.8 Å². The lowest BCUT2D eigenvalue weighted by Crippen LogP contribution is -2.56. The fraction of sp³-hybridized carbons (Fsp3) is 0.933. The second kappa shape index (κ2) is 9.93. The average molecular weight is 356 g/mol. The Morgan fingerprint density at radius 3 is 2.27 bits per heavy atom. The van der Waals surface area contributed by atoms with Crippen LogP contribution >= 0.6 is 24.8 Å². The molecule has 1 unspecified atom stereocenters. The van der Waals surface area contributed by atoms with Gasteiger partial charge in [0.05, 0.1) is 18.8 Å². The van der Waals surface area contributed by atoms with Gasteiger partial charge in [0, 0.05) is 25.7 Å². The van der Waals surface area contributed by atoms with Gasteiger partial charge in [0.25, 0.3) is 0 Å². The van der Waals surface area contributed by atoms with Crippen molar-refractivity contribution >= 4 is 30.7 Å². The van der Waals surface area contributed by atoms with E-state index in [9.17, 15) is 4.79 Å². The Balaban J connectivity index is 0.00000220. The summed E-state index contributed by atoms with van der Waals surface area (Å²) >= 11 is 0. The minimum Gasteiger partial charge on any atom is -0.379 e. The normalized spacial score (nSPS) is 22.5. The fourth-order valence-electron chi connectivity index (χ4n) is 3.30. The van der Waals surface area contributed by atoms with Crippen molar-refractivity contribution in [2.24, 2.45) is 11.7 Å². The molecule has 1 saturated heterocycles. The molecule has 5 nitrogen and oxygen atoms in total. The molecule has 1 atom stereocenters. The van der Waals surface area contributed by atoms with Crippen LogP contribution in [0.2, 0.25) is 0 Å². The van der Waals surface area contributed by atoms with Gasteiger partial charge in [-0.3, -0.25) is 9.69 Å². The molecule has 1 aliphatic carbocycles. The van der Waals surface area contributed by atoms with Crippen molar-refractivity contribution in [2.75, 3.05) is 32.8 Å². The van der Waals surface area contributed by atoms with Crippen molar-refractivity contribution in [3.8, 4) is 0 Å². The van der Waals surface area contributed by atoms with Gasteiger partial charge in [-0.25, -0.2) is 0 Å². The van der Waals surface area contributed by atoms with E-state index in [-0.39, 0.29) is 30.7 Å². The van der Waals surface area contributed by atoms with Crippen LogP contribution in [0.1, 0.15) is 39.5 Å². The Kier molecular flexibility index (Phi) is 9.90. The van der Waals surface area contributed by atoms with Crippen LogP contribution in [-0.4, -0.2) is 55.2 Å². The molecule has 0 bridgehead atoms. The molecule has 2 aliphatic rings. The van der Waals surface area contributed by atoms with Crippen LogP contribution in [0.4, 0.5) is 0 Å². The summed E-state index contributed by atoms with van der Waals surface area (Å²) in [5.41, 5.74) is 5.58. The van der Waals surface area contributed by atoms with Crippen molar-refractivity contribution in [3.63, 3.8) is 0 Å². The summed E-state index contributed by atoms with van der Waals surface area (Å²) in [6.07, 6.45) is 3.79. The van der Waals surface area contributed by atoms with Gasteiger partial charge in [-0.05, 0) is 18.8 Å². The lowest BCUT2D eigenvalue weighted by molar-refractivity contribution is -0.126. The number of nitrogens with zero attached hydrogens (tertiary/aromatic N) is 1. The molecule has 3 N–H and O–H groups in total. The molecule has 132 valence electrons. The molecule has 0 radical (unpaired) electrons. The zero-order valence-electron chi connectivity index (χ0n) is 13.7. The predicted molar refractivity (Wildman–Crippen MR) is 93.9 cm³/mol. The monoisotopic (exact) mass is 355 g/mol. The Morgan fingerprint density at radius 2 is 1.77 bits per heavy atom. The average Bonchev–Trinajstić information content (AvgIpc) is 2.88. The number of rotatable bonds is 5. The summed E-state index contributed by atoms with van der Waals surface area (Å²) in [4.78, 5) is 14.7. The van der Waals surface area contributed by atoms with E-state index in [0.29, 0.717) is 18.5 Å². The minimum atomic E-state index is -0.619. The van der Waals surface area contributed by atoms with Crippen molar-refractivity contribution < 1.29 is 9.53 Å². The molecule has 2 rings (SSSR count). The summed E-state index contributed by atoms with van der Waals surface area (Å²) in [6.45, 7) is 8.59. The lowest BCUT2D eigenvalue weighted by atomic mass is 9.97. The zero-order chi connectivity index (χ0) is 14.6. The van der Waals surface area contributed by atoms with Crippen LogP contribution in [0.25, 0.3) is 0 Å². The van der Waals surface area contributed by atoms with E-state index in [1.807, 2.05) is 0 Å². The Bertz CT molecular complexity index is 331. The molecular formula is C15H31Cl2N3O2. The standard InChI is InChI=1S/C15H29N3O2.2ClH/c1-12(2)13(18-7-9-20-10-8-18)11-17-14(19)15(16)5-3-4-6-15;;/h12-13H,3-11,16H2,1-2H3,(H,17,19);2*1H. The van der Waals surface area contributed by atoms with Crippen LogP contribution in [-0.2, 0) is 9.53 Å². The maximum atomic E-state index is 12.3. The zero-order valence-corrected chi connectivity index (χ0v) is 15.3. The van der Waals surface area contributed by atoms with Crippen molar-refractivity contribution in [1.82, 2.24) is 10.2 Å². The Labute approximate surface area is 146 Å². The smallest absolute Gasteiger partial charge is 0.240 e. The number of nitrogens with one attached hydrogen (secondary N) is 1. The van der Waals surface area contributed by atoms with Gasteiger partial charge >= 0.3 is 0 Å². The second-order valence-corrected chi connectivity index (χ2v) is 6.53. The summed E-state index contributed by atoms with van der Waals surface area (Å²) in [5.74, 6) is 0.541. The first kappa shape index (κ1) is 21.9. The molecule has 22 heavy (non-hydrogen) atoms. The molecule has 1 aliphatic heterocycles. The van der Waals surface area contributed by atoms with E-state index in [1.165, 1.54) is 0 Å². The number of ether oxygens (including phenoxy) is 1. The number of hydrogen-bond acceptors (Lipinski definition) is 4. The maximum absolute atomic E-state index is 12.3. The number of morpholine rings is 1. The molecule has 1 amide bonds. The van der Waals surface area contributed by atoms with E-state index in [0.717, 1.165) is 52.0 Å². The first-order valence-corrected chi connectivity index (χ1v) is 7.92. The molecule has 2 fully saturated rings. The van der Waals surface area contributed by atoms with Crippen molar-refractivity contribution in [1.29, 1.82) is 0 Å². The summed E-state index contributed by atoms with van der Waals surface area (Å²) in [7, 11) is 0. The SMILES string of the molecule is CC(C)C(CNC(=O)C1(N)CCCC1)N1CCOCC1.Cl.Cl. The molecule has 1 heterocycles. The number of carbonyl (C=O) groups is 1. The highest BCUT2D eigenvalue weighted by Gasteiger charge is 2.37. The number of carbonyl (C=O) groups excluding carboxylic acids is 1. The van der Waals surface area contributed by atoms with Gasteiger partial charge in [-0.1, -0.05) is 26.7 Å². The number of nitrogens with two attached hydrogens (primary N) is 1. The van der Waals surface area contributed by atoms with Gasteiger partial charge in [-0.2, -0.15) is 0 Å². The molecule has 7 heteroatoms. The van der Waals surface area contributed by atoms with Crippen LogP contribution in [0.15, 0.2) is 0 Å². The van der Waals surface area contributed by atoms with Gasteiger partial charge in [0.15, 0.2) is 0 Å². The van der Waals surface area contributed by atoms with Crippen LogP contribution in [0.5, 0.6) is 0 Å². The summed E-state index contributed by atoms with van der Waals surface area (Å²) < 4.78 is 5.40. The highest BCUT2D eigenvalue weighted by Crippen LogP contribution is 2.27. The van der Waals surface area contributed by atoms with E-state index in [4.69, 9.17) is 10.5 Å². The molecule has 0 spiro atoms. The molecule has 1 saturated carbocycles. The lowest BCUT2D eigenvalue weighted by Gasteiger charge is -2.37. The van der Waals surface area contributed by atoms with E-state index >= 15 is 0 Å². The van der Waals surface area contributed by atoms with E-state index < -0.39 is 5.54 Å². The predicted octanol–water partition coefficient (Wildman–Crippen LogP) is 1.57. The molecule has 0 aromatic rings. The number of amides is 1. The number of hydrogen-bond donors (Lipinski definition) is 2. The van der Waals surface area contributed by atoms with Crippen LogP contribution in [0.3, 0.4) is 0 Å². The maximum Gasteiger partial charge on any atom is 0.240 e. The van der Waals surface area contributed by atoms with E-state index in [1.54, 1.807) is 0 Å². The van der Waals surface area contributed by atoms with Crippen molar-refractivity contribution in [3.05, 3.63) is 0 Å². The fourth-order valence-corrected chi connectivity index (χ4v) is 3.30. The van der Waals surface area contributed by atoms with Crippen molar-refractivity contribution in [2.45, 2.75) is 51.1 Å². The number of halogens is 2. The third-order valence-corrected chi connectivity index (χ3v) is 4.70. The Morgan fingerprint density at radius 1 is 1.23 bits per heavy atom. The van der Waals surface area contributed by atoms with Gasteiger partial charge in [0.2, 0.25) is 5.91 Å². The van der Waals surface area contributed by atoms with Crippen LogP contribution < -0.4 is 11.1 Å². The second-order valence-electron chi connectivity index (χ2n) is 6.53. The Hall–Kier alpha value is -0.0700. The molecule has 0 aromatic heterocycles. The van der Waals surface area contributed by atoms with E-state index in [2.05, 4.69) is 24.1 Å². The largest absolute Gasteiger partial charge is 0.379 e. The quantitative estimate of drug-likeness (QED) is 0.785. The minimum absolute atomic E-state index is 0. The molecule has 0 aromatic carbocycles. The van der Waals surface area contributed by atoms with Gasteiger partial charge < -0.3 is 15.8 Å². The van der Waals surface area contributed by atoms with Gasteiger partial charge in [0.1, 0.15) is 0 Å². The first-order valence-electron chi connectivity index (χ1n) is 7.92. The third kappa shape index (κ3) is 5.53. The first-order chi connectivity index (χ1) is 9.53. The highest BCUT2D eigenvalue weighted by molar-refractivity contribution is 5.86. The third-order valence-electron chi connectivity index (χ3n) is 4.70. The molecular weight excluding hydrogens is 325 g/mol. The van der Waals surface area contributed by atoms with Crippen LogP contribution in [0, 0.1) is 5.92 Å².